The van der Waals surface area contributed by atoms with Crippen molar-refractivity contribution in [1.82, 2.24) is 20.0 Å². The van der Waals surface area contributed by atoms with Gasteiger partial charge < -0.3 is 15.0 Å². The van der Waals surface area contributed by atoms with Crippen LogP contribution in [0.15, 0.2) is 6.20 Å². The Morgan fingerprint density at radius 1 is 1.57 bits per heavy atom. The molecule has 0 saturated carbocycles. The first-order valence-electron chi connectivity index (χ1n) is 7.57. The first-order valence-corrected chi connectivity index (χ1v) is 8.56. The highest BCUT2D eigenvalue weighted by atomic mass is 32.2. The van der Waals surface area contributed by atoms with E-state index in [2.05, 4.69) is 52.8 Å². The fraction of sp³-hybridized carbons (Fsp3) is 0.800. The zero-order valence-electron chi connectivity index (χ0n) is 13.8. The lowest BCUT2D eigenvalue weighted by molar-refractivity contribution is 0.340. The third-order valence-electron chi connectivity index (χ3n) is 4.25. The van der Waals surface area contributed by atoms with E-state index >= 15 is 0 Å². The van der Waals surface area contributed by atoms with Gasteiger partial charge in [-0.1, -0.05) is 0 Å². The molecule has 0 radical (unpaired) electrons. The van der Waals surface area contributed by atoms with Gasteiger partial charge in [0.25, 0.3) is 0 Å². The van der Waals surface area contributed by atoms with E-state index in [9.17, 15) is 0 Å². The lowest BCUT2D eigenvalue weighted by atomic mass is 9.93. The van der Waals surface area contributed by atoms with Crippen LogP contribution in [0.5, 0.6) is 5.75 Å². The van der Waals surface area contributed by atoms with Crippen molar-refractivity contribution in [3.05, 3.63) is 11.9 Å². The summed E-state index contributed by atoms with van der Waals surface area (Å²) in [5.74, 6) is 2.13. The van der Waals surface area contributed by atoms with Gasteiger partial charge in [0.1, 0.15) is 0 Å². The van der Waals surface area contributed by atoms with Crippen LogP contribution in [-0.4, -0.2) is 60.0 Å². The Morgan fingerprint density at radius 2 is 2.33 bits per heavy atom. The molecule has 0 aliphatic carbocycles. The van der Waals surface area contributed by atoms with Crippen molar-refractivity contribution in [2.24, 2.45) is 0 Å². The van der Waals surface area contributed by atoms with E-state index in [4.69, 9.17) is 4.74 Å². The highest BCUT2D eigenvalue weighted by Gasteiger charge is 2.41. The Balaban J connectivity index is 2.31. The number of aromatic nitrogens is 2. The molecule has 0 spiro atoms. The van der Waals surface area contributed by atoms with Crippen LogP contribution in [0.25, 0.3) is 0 Å². The van der Waals surface area contributed by atoms with Crippen LogP contribution in [0.4, 0.5) is 0 Å². The average Bonchev–Trinajstić information content (AvgIpc) is 3.05. The van der Waals surface area contributed by atoms with Gasteiger partial charge in [-0.2, -0.15) is 16.9 Å². The molecular formula is C15H28N4OS. The molecule has 1 N–H and O–H groups in total. The van der Waals surface area contributed by atoms with Gasteiger partial charge in [0, 0.05) is 11.3 Å². The SMILES string of the molecule is CNC(c1c(OC)cnn1CCN(C)C)C1(C)CCCS1. The van der Waals surface area contributed by atoms with E-state index in [-0.39, 0.29) is 10.8 Å². The second-order valence-corrected chi connectivity index (χ2v) is 7.74. The predicted molar refractivity (Wildman–Crippen MR) is 89.2 cm³/mol. The van der Waals surface area contributed by atoms with Crippen molar-refractivity contribution in [2.45, 2.75) is 37.1 Å². The number of thioether (sulfide) groups is 1. The molecule has 21 heavy (non-hydrogen) atoms. The smallest absolute Gasteiger partial charge is 0.161 e. The Morgan fingerprint density at radius 3 is 2.86 bits per heavy atom. The molecule has 1 aromatic heterocycles. The van der Waals surface area contributed by atoms with E-state index in [1.54, 1.807) is 7.11 Å². The second-order valence-electron chi connectivity index (χ2n) is 6.11. The molecule has 2 rings (SSSR count). The third kappa shape index (κ3) is 3.55. The number of methoxy groups -OCH3 is 1. The molecular weight excluding hydrogens is 284 g/mol. The fourth-order valence-corrected chi connectivity index (χ4v) is 4.50. The number of rotatable bonds is 7. The molecule has 0 aromatic carbocycles. The van der Waals surface area contributed by atoms with Gasteiger partial charge in [-0.15, -0.1) is 0 Å². The summed E-state index contributed by atoms with van der Waals surface area (Å²) < 4.78 is 7.88. The molecule has 1 fully saturated rings. The summed E-state index contributed by atoms with van der Waals surface area (Å²) in [4.78, 5) is 2.18. The van der Waals surface area contributed by atoms with Gasteiger partial charge in [-0.05, 0) is 46.7 Å². The molecule has 1 aliphatic rings. The van der Waals surface area contributed by atoms with E-state index < -0.39 is 0 Å². The van der Waals surface area contributed by atoms with Crippen LogP contribution < -0.4 is 10.1 Å². The minimum absolute atomic E-state index is 0.206. The lowest BCUT2D eigenvalue weighted by Gasteiger charge is -2.34. The van der Waals surface area contributed by atoms with Gasteiger partial charge in [0.05, 0.1) is 31.6 Å². The van der Waals surface area contributed by atoms with Crippen molar-refractivity contribution < 1.29 is 4.74 Å². The molecule has 1 saturated heterocycles. The molecule has 1 aliphatic heterocycles. The van der Waals surface area contributed by atoms with Crippen LogP contribution in [-0.2, 0) is 6.54 Å². The summed E-state index contributed by atoms with van der Waals surface area (Å²) in [6.07, 6.45) is 4.36. The zero-order chi connectivity index (χ0) is 15.5. The summed E-state index contributed by atoms with van der Waals surface area (Å²) in [5.41, 5.74) is 1.18. The van der Waals surface area contributed by atoms with E-state index in [0.717, 1.165) is 18.8 Å². The maximum absolute atomic E-state index is 5.57. The zero-order valence-corrected chi connectivity index (χ0v) is 14.7. The van der Waals surface area contributed by atoms with Crippen molar-refractivity contribution in [3.63, 3.8) is 0 Å². The van der Waals surface area contributed by atoms with Gasteiger partial charge in [0.15, 0.2) is 5.75 Å². The minimum Gasteiger partial charge on any atom is -0.493 e. The number of hydrogen-bond acceptors (Lipinski definition) is 5. The van der Waals surface area contributed by atoms with Gasteiger partial charge in [-0.3, -0.25) is 4.68 Å². The molecule has 2 unspecified atom stereocenters. The maximum Gasteiger partial charge on any atom is 0.161 e. The summed E-state index contributed by atoms with van der Waals surface area (Å²) in [7, 11) is 7.94. The highest BCUT2D eigenvalue weighted by Crippen LogP contribution is 2.48. The van der Waals surface area contributed by atoms with Crippen molar-refractivity contribution in [1.29, 1.82) is 0 Å². The first-order chi connectivity index (χ1) is 10.0. The summed E-state index contributed by atoms with van der Waals surface area (Å²) >= 11 is 2.06. The van der Waals surface area contributed by atoms with E-state index in [1.807, 2.05) is 13.2 Å². The fourth-order valence-electron chi connectivity index (χ4n) is 3.06. The van der Waals surface area contributed by atoms with E-state index in [1.165, 1.54) is 24.3 Å². The van der Waals surface area contributed by atoms with Crippen LogP contribution in [0.2, 0.25) is 0 Å². The van der Waals surface area contributed by atoms with Crippen molar-refractivity contribution in [2.75, 3.05) is 40.6 Å². The topological polar surface area (TPSA) is 42.3 Å². The lowest BCUT2D eigenvalue weighted by Crippen LogP contribution is -2.38. The molecule has 0 amide bonds. The molecule has 120 valence electrons. The largest absolute Gasteiger partial charge is 0.493 e. The van der Waals surface area contributed by atoms with Crippen LogP contribution in [0, 0.1) is 0 Å². The van der Waals surface area contributed by atoms with Crippen molar-refractivity contribution >= 4 is 11.8 Å². The van der Waals surface area contributed by atoms with E-state index in [0.29, 0.717) is 0 Å². The standard InChI is InChI=1S/C15H28N4OS/c1-15(7-6-10-21-15)14(16-2)13-12(20-5)11-17-19(13)9-8-18(3)4/h11,14,16H,6-10H2,1-5H3. The summed E-state index contributed by atoms with van der Waals surface area (Å²) in [5, 5.41) is 8.06. The molecule has 2 heterocycles. The van der Waals surface area contributed by atoms with Gasteiger partial charge >= 0.3 is 0 Å². The quantitative estimate of drug-likeness (QED) is 0.834. The molecule has 2 atom stereocenters. The molecule has 5 nitrogen and oxygen atoms in total. The number of ether oxygens (including phenoxy) is 1. The number of likely N-dealkylation sites (N-methyl/N-ethyl adjacent to an activating group) is 1. The second kappa shape index (κ2) is 7.03. The van der Waals surface area contributed by atoms with Crippen LogP contribution in [0.3, 0.4) is 0 Å². The number of nitrogens with one attached hydrogen (secondary N) is 1. The number of hydrogen-bond donors (Lipinski definition) is 1. The van der Waals surface area contributed by atoms with Gasteiger partial charge in [-0.25, -0.2) is 0 Å². The minimum atomic E-state index is 0.206. The van der Waals surface area contributed by atoms with Crippen LogP contribution >= 0.6 is 11.8 Å². The molecule has 6 heteroatoms. The summed E-state index contributed by atoms with van der Waals surface area (Å²) in [6.45, 7) is 4.21. The average molecular weight is 312 g/mol. The Kier molecular flexibility index (Phi) is 5.57. The number of nitrogens with zero attached hydrogens (tertiary/aromatic N) is 3. The maximum atomic E-state index is 5.57. The highest BCUT2D eigenvalue weighted by molar-refractivity contribution is 8.00. The Hall–Kier alpha value is -0.720. The van der Waals surface area contributed by atoms with Crippen molar-refractivity contribution in [3.8, 4) is 5.75 Å². The molecule has 0 bridgehead atoms. The van der Waals surface area contributed by atoms with Crippen LogP contribution in [0.1, 0.15) is 31.5 Å². The Bertz CT molecular complexity index is 455. The predicted octanol–water partition coefficient (Wildman–Crippen LogP) is 2.00. The Labute approximate surface area is 132 Å². The first kappa shape index (κ1) is 16.6. The normalized spacial score (nSPS) is 23.7. The third-order valence-corrected chi connectivity index (χ3v) is 5.84. The summed E-state index contributed by atoms with van der Waals surface area (Å²) in [6, 6.07) is 0.254. The molecule has 1 aromatic rings. The monoisotopic (exact) mass is 312 g/mol. The van der Waals surface area contributed by atoms with Gasteiger partial charge in [0.2, 0.25) is 0 Å².